The van der Waals surface area contributed by atoms with Gasteiger partial charge in [-0.25, -0.2) is 4.21 Å². The highest BCUT2D eigenvalue weighted by Crippen LogP contribution is 2.25. The Bertz CT molecular complexity index is 1020. The van der Waals surface area contributed by atoms with Crippen LogP contribution >= 0.6 is 0 Å². The van der Waals surface area contributed by atoms with E-state index in [0.717, 1.165) is 68.3 Å². The summed E-state index contributed by atoms with van der Waals surface area (Å²) in [5.74, 6) is 0.789. The van der Waals surface area contributed by atoms with Crippen molar-refractivity contribution in [2.75, 3.05) is 61.8 Å². The van der Waals surface area contributed by atoms with E-state index in [0.29, 0.717) is 18.7 Å². The number of nitrogens with one attached hydrogen (secondary N) is 2. The van der Waals surface area contributed by atoms with Crippen molar-refractivity contribution in [3.63, 3.8) is 0 Å². The van der Waals surface area contributed by atoms with E-state index in [1.54, 1.807) is 6.26 Å². The van der Waals surface area contributed by atoms with Crippen LogP contribution in [-0.4, -0.2) is 67.1 Å². The van der Waals surface area contributed by atoms with E-state index in [1.807, 2.05) is 42.5 Å². The fourth-order valence-electron chi connectivity index (χ4n) is 4.18. The minimum absolute atomic E-state index is 0.0401. The first-order chi connectivity index (χ1) is 16.1. The summed E-state index contributed by atoms with van der Waals surface area (Å²) in [6, 6.07) is 15.9. The number of unbranched alkanes of at least 4 members (excludes halogenated alkanes) is 1. The van der Waals surface area contributed by atoms with Gasteiger partial charge in [0, 0.05) is 55.9 Å². The Hall–Kier alpha value is -2.84. The molecule has 8 heteroatoms. The number of fused-ring (bicyclic) bond motifs is 1. The number of carbonyl (C=O) groups excluding carboxylic acids is 1. The number of ether oxygens (including phenoxy) is 1. The maximum absolute atomic E-state index is 12.4. The van der Waals surface area contributed by atoms with Gasteiger partial charge in [-0.1, -0.05) is 24.3 Å². The maximum atomic E-state index is 12.4. The Morgan fingerprint density at radius 1 is 1.06 bits per heavy atom. The Balaban J connectivity index is 1.13. The number of carbonyl (C=O) groups is 1. The number of hydrogen-bond donors (Lipinski definition) is 2. The van der Waals surface area contributed by atoms with Crippen molar-refractivity contribution in [3.8, 4) is 5.75 Å². The average molecular weight is 469 g/mol. The molecule has 1 fully saturated rings. The van der Waals surface area contributed by atoms with E-state index in [4.69, 9.17) is 4.74 Å². The summed E-state index contributed by atoms with van der Waals surface area (Å²) in [5, 5.41) is 3.03. The van der Waals surface area contributed by atoms with E-state index in [2.05, 4.69) is 32.0 Å². The van der Waals surface area contributed by atoms with Crippen LogP contribution in [0.15, 0.2) is 54.1 Å². The molecule has 33 heavy (non-hydrogen) atoms. The molecule has 2 N–H and O–H groups in total. The number of amides is 1. The minimum atomic E-state index is -1.07. The summed E-state index contributed by atoms with van der Waals surface area (Å²) in [6.07, 6.45) is 5.57. The van der Waals surface area contributed by atoms with Crippen molar-refractivity contribution in [2.45, 2.75) is 12.8 Å². The second-order valence-electron chi connectivity index (χ2n) is 8.39. The molecular weight excluding hydrogens is 436 g/mol. The van der Waals surface area contributed by atoms with Gasteiger partial charge in [0.05, 0.1) is 5.57 Å². The number of hydrogen-bond acceptors (Lipinski definition) is 5. The van der Waals surface area contributed by atoms with Crippen molar-refractivity contribution in [3.05, 3.63) is 59.7 Å². The highest BCUT2D eigenvalue weighted by atomic mass is 32.2. The zero-order valence-electron chi connectivity index (χ0n) is 19.1. The largest absolute Gasteiger partial charge is 0.488 e. The van der Waals surface area contributed by atoms with Gasteiger partial charge in [0.15, 0.2) is 0 Å². The van der Waals surface area contributed by atoms with Gasteiger partial charge in [0.1, 0.15) is 23.3 Å². The fraction of sp³-hybridized carbons (Fsp3) is 0.400. The third-order valence-electron chi connectivity index (χ3n) is 5.96. The van der Waals surface area contributed by atoms with Gasteiger partial charge < -0.3 is 19.7 Å². The standard InChI is InChI=1S/C25H32N4O3S/c1-33(31)27-22-8-6-9-23(18-22)29-15-13-28(14-16-29)12-5-4-11-26-25(30)21-17-20-7-2-3-10-24(20)32-19-21/h2-3,6-10,17-18,27H,4-5,11-16,19H2,1H3,(H,26,30). The van der Waals surface area contributed by atoms with Crippen LogP contribution in [0, 0.1) is 0 Å². The summed E-state index contributed by atoms with van der Waals surface area (Å²) >= 11 is 0. The average Bonchev–Trinajstić information content (AvgIpc) is 2.83. The van der Waals surface area contributed by atoms with E-state index < -0.39 is 11.0 Å². The van der Waals surface area contributed by atoms with Gasteiger partial charge in [-0.05, 0) is 49.7 Å². The number of benzene rings is 2. The predicted octanol–water partition coefficient (Wildman–Crippen LogP) is 2.89. The summed E-state index contributed by atoms with van der Waals surface area (Å²) in [5.41, 5.74) is 3.68. The second-order valence-corrected chi connectivity index (χ2v) is 9.51. The molecule has 2 aliphatic rings. The van der Waals surface area contributed by atoms with Crippen LogP contribution in [0.3, 0.4) is 0 Å². The summed E-state index contributed by atoms with van der Waals surface area (Å²) < 4.78 is 20.0. The van der Waals surface area contributed by atoms with Crippen molar-refractivity contribution in [2.24, 2.45) is 0 Å². The van der Waals surface area contributed by atoms with Crippen LogP contribution in [0.1, 0.15) is 18.4 Å². The molecule has 2 aromatic rings. The van der Waals surface area contributed by atoms with E-state index in [1.165, 1.54) is 0 Å². The van der Waals surface area contributed by atoms with Crippen molar-refractivity contribution in [1.82, 2.24) is 10.2 Å². The summed E-state index contributed by atoms with van der Waals surface area (Å²) in [6.45, 7) is 6.04. The molecule has 2 aromatic carbocycles. The van der Waals surface area contributed by atoms with Gasteiger partial charge in [-0.3, -0.25) is 9.69 Å². The number of piperazine rings is 1. The Morgan fingerprint density at radius 2 is 1.88 bits per heavy atom. The monoisotopic (exact) mass is 468 g/mol. The molecule has 2 heterocycles. The topological polar surface area (TPSA) is 73.9 Å². The van der Waals surface area contributed by atoms with Crippen LogP contribution in [0.25, 0.3) is 6.08 Å². The van der Waals surface area contributed by atoms with E-state index in [9.17, 15) is 9.00 Å². The lowest BCUT2D eigenvalue weighted by Crippen LogP contribution is -2.46. The predicted molar refractivity (Wildman–Crippen MR) is 135 cm³/mol. The molecule has 1 saturated heterocycles. The molecule has 1 unspecified atom stereocenters. The lowest BCUT2D eigenvalue weighted by Gasteiger charge is -2.36. The van der Waals surface area contributed by atoms with Crippen LogP contribution < -0.4 is 19.7 Å². The van der Waals surface area contributed by atoms with E-state index in [-0.39, 0.29) is 5.91 Å². The highest BCUT2D eigenvalue weighted by Gasteiger charge is 2.18. The van der Waals surface area contributed by atoms with Gasteiger partial charge in [-0.2, -0.15) is 0 Å². The molecule has 176 valence electrons. The number of nitrogens with zero attached hydrogens (tertiary/aromatic N) is 2. The summed E-state index contributed by atoms with van der Waals surface area (Å²) in [4.78, 5) is 17.3. The lowest BCUT2D eigenvalue weighted by atomic mass is 10.1. The smallest absolute Gasteiger partial charge is 0.250 e. The third kappa shape index (κ3) is 6.58. The SMILES string of the molecule is CS(=O)Nc1cccc(N2CCN(CCCCNC(=O)C3=Cc4ccccc4OC3)CC2)c1. The van der Waals surface area contributed by atoms with Crippen molar-refractivity contribution < 1.29 is 13.7 Å². The van der Waals surface area contributed by atoms with Crippen molar-refractivity contribution in [1.29, 1.82) is 0 Å². The van der Waals surface area contributed by atoms with Gasteiger partial charge in [0.2, 0.25) is 0 Å². The molecule has 1 atom stereocenters. The van der Waals surface area contributed by atoms with Gasteiger partial charge in [-0.15, -0.1) is 0 Å². The fourth-order valence-corrected chi connectivity index (χ4v) is 4.64. The van der Waals surface area contributed by atoms with Crippen LogP contribution in [0.4, 0.5) is 11.4 Å². The van der Waals surface area contributed by atoms with Crippen LogP contribution in [0.2, 0.25) is 0 Å². The first-order valence-corrected chi connectivity index (χ1v) is 13.0. The first kappa shape index (κ1) is 23.3. The molecule has 0 radical (unpaired) electrons. The van der Waals surface area contributed by atoms with Crippen LogP contribution in [-0.2, 0) is 15.8 Å². The third-order valence-corrected chi connectivity index (χ3v) is 6.48. The zero-order valence-corrected chi connectivity index (χ0v) is 19.9. The van der Waals surface area contributed by atoms with Gasteiger partial charge >= 0.3 is 0 Å². The highest BCUT2D eigenvalue weighted by molar-refractivity contribution is 7.85. The molecule has 7 nitrogen and oxygen atoms in total. The zero-order chi connectivity index (χ0) is 23.0. The number of para-hydroxylation sites is 1. The summed E-state index contributed by atoms with van der Waals surface area (Å²) in [7, 11) is -1.07. The molecule has 0 spiro atoms. The molecule has 2 aliphatic heterocycles. The lowest BCUT2D eigenvalue weighted by molar-refractivity contribution is -0.117. The molecule has 4 rings (SSSR count). The molecule has 0 aromatic heterocycles. The normalized spacial score (nSPS) is 16.9. The Morgan fingerprint density at radius 3 is 2.70 bits per heavy atom. The molecule has 0 bridgehead atoms. The number of anilines is 2. The number of rotatable bonds is 9. The molecule has 0 saturated carbocycles. The molecule has 0 aliphatic carbocycles. The Kier molecular flexibility index (Phi) is 8.01. The maximum Gasteiger partial charge on any atom is 0.250 e. The molecule has 1 amide bonds. The Labute approximate surface area is 198 Å². The molecular formula is C25H32N4O3S. The van der Waals surface area contributed by atoms with Gasteiger partial charge in [0.25, 0.3) is 5.91 Å². The second kappa shape index (κ2) is 11.3. The van der Waals surface area contributed by atoms with Crippen molar-refractivity contribution >= 4 is 34.3 Å². The quantitative estimate of drug-likeness (QED) is 0.554. The first-order valence-electron chi connectivity index (χ1n) is 11.5. The minimum Gasteiger partial charge on any atom is -0.488 e. The van der Waals surface area contributed by atoms with E-state index >= 15 is 0 Å². The van der Waals surface area contributed by atoms with Crippen LogP contribution in [0.5, 0.6) is 5.75 Å².